The molecular formula is C29H26N4O4S. The molecule has 38 heavy (non-hydrogen) atoms. The van der Waals surface area contributed by atoms with Gasteiger partial charge < -0.3 is 14.2 Å². The summed E-state index contributed by atoms with van der Waals surface area (Å²) >= 11 is 1.18. The second-order valence-electron chi connectivity index (χ2n) is 8.26. The van der Waals surface area contributed by atoms with E-state index in [1.54, 1.807) is 24.3 Å². The Hall–Kier alpha value is -4.68. The van der Waals surface area contributed by atoms with Gasteiger partial charge in [0.15, 0.2) is 5.01 Å². The molecule has 0 unspecified atom stereocenters. The Morgan fingerprint density at radius 1 is 0.947 bits per heavy atom. The molecule has 0 aliphatic carbocycles. The maximum Gasteiger partial charge on any atom is 0.268 e. The van der Waals surface area contributed by atoms with Crippen molar-refractivity contribution in [2.75, 3.05) is 18.5 Å². The van der Waals surface area contributed by atoms with Gasteiger partial charge in [0.05, 0.1) is 0 Å². The molecule has 0 aliphatic heterocycles. The first kappa shape index (κ1) is 26.4. The lowest BCUT2D eigenvalue weighted by atomic mass is 10.1. The summed E-state index contributed by atoms with van der Waals surface area (Å²) < 4.78 is 17.2. The molecule has 0 atom stereocenters. The van der Waals surface area contributed by atoms with Crippen molar-refractivity contribution in [3.8, 4) is 23.3 Å². The van der Waals surface area contributed by atoms with Crippen LogP contribution in [0.25, 0.3) is 6.08 Å². The van der Waals surface area contributed by atoms with Crippen LogP contribution in [0.5, 0.6) is 17.2 Å². The fourth-order valence-corrected chi connectivity index (χ4v) is 4.08. The number of carbonyl (C=O) groups excluding carboxylic acids is 1. The number of benzene rings is 3. The molecule has 9 heteroatoms. The molecule has 8 nitrogen and oxygen atoms in total. The van der Waals surface area contributed by atoms with E-state index >= 15 is 0 Å². The fraction of sp³-hybridized carbons (Fsp3) is 0.172. The summed E-state index contributed by atoms with van der Waals surface area (Å²) in [6, 6.07) is 24.4. The summed E-state index contributed by atoms with van der Waals surface area (Å²) in [5.41, 5.74) is 2.90. The quantitative estimate of drug-likeness (QED) is 0.151. The standard InChI is InChI=1S/C29H26N4O4S/c1-20-8-13-26(21(2)16-20)36-15-14-35-25-11-9-22(10-12-25)17-23(18-30)28(34)31-29-33-32-27(38-29)19-37-24-6-4-3-5-7-24/h3-13,16-17H,14-15,19H2,1-2H3,(H,31,33,34). The molecule has 1 aromatic heterocycles. The summed E-state index contributed by atoms with van der Waals surface area (Å²) in [4.78, 5) is 12.6. The summed E-state index contributed by atoms with van der Waals surface area (Å²) in [5.74, 6) is 1.65. The number of aryl methyl sites for hydroxylation is 2. The van der Waals surface area contributed by atoms with Crippen LogP contribution in [-0.2, 0) is 11.4 Å². The van der Waals surface area contributed by atoms with Gasteiger partial charge >= 0.3 is 0 Å². The SMILES string of the molecule is Cc1ccc(OCCOc2ccc(C=C(C#N)C(=O)Nc3nnc(COc4ccccc4)s3)cc2)c(C)c1. The van der Waals surface area contributed by atoms with E-state index < -0.39 is 5.91 Å². The van der Waals surface area contributed by atoms with Crippen LogP contribution in [0.2, 0.25) is 0 Å². The van der Waals surface area contributed by atoms with E-state index in [2.05, 4.69) is 21.6 Å². The highest BCUT2D eigenvalue weighted by molar-refractivity contribution is 7.15. The van der Waals surface area contributed by atoms with Gasteiger partial charge in [-0.25, -0.2) is 0 Å². The van der Waals surface area contributed by atoms with Gasteiger partial charge in [-0.1, -0.05) is 59.4 Å². The van der Waals surface area contributed by atoms with Crippen molar-refractivity contribution in [1.82, 2.24) is 10.2 Å². The van der Waals surface area contributed by atoms with E-state index in [-0.39, 0.29) is 17.3 Å². The Balaban J connectivity index is 1.26. The number of nitrogens with zero attached hydrogens (tertiary/aromatic N) is 3. The molecule has 1 heterocycles. The molecule has 4 aromatic rings. The number of aromatic nitrogens is 2. The number of ether oxygens (including phenoxy) is 3. The second-order valence-corrected chi connectivity index (χ2v) is 9.32. The maximum absolute atomic E-state index is 12.6. The number of rotatable bonds is 11. The number of hydrogen-bond donors (Lipinski definition) is 1. The van der Waals surface area contributed by atoms with Crippen molar-refractivity contribution in [3.63, 3.8) is 0 Å². The Kier molecular flexibility index (Phi) is 9.05. The molecule has 192 valence electrons. The van der Waals surface area contributed by atoms with Crippen molar-refractivity contribution in [3.05, 3.63) is 100 Å². The Morgan fingerprint density at radius 2 is 1.68 bits per heavy atom. The monoisotopic (exact) mass is 526 g/mol. The molecule has 1 amide bonds. The van der Waals surface area contributed by atoms with Crippen molar-refractivity contribution in [2.24, 2.45) is 0 Å². The smallest absolute Gasteiger partial charge is 0.268 e. The van der Waals surface area contributed by atoms with Gasteiger partial charge in [-0.3, -0.25) is 10.1 Å². The first-order valence-electron chi connectivity index (χ1n) is 11.9. The molecule has 1 N–H and O–H groups in total. The second kappa shape index (κ2) is 13.0. The first-order chi connectivity index (χ1) is 18.5. The van der Waals surface area contributed by atoms with Crippen LogP contribution in [0.4, 0.5) is 5.13 Å². The number of para-hydroxylation sites is 1. The van der Waals surface area contributed by atoms with Crippen LogP contribution in [0.3, 0.4) is 0 Å². The van der Waals surface area contributed by atoms with Crippen LogP contribution in [0.15, 0.2) is 78.4 Å². The van der Waals surface area contributed by atoms with Gasteiger partial charge in [0, 0.05) is 0 Å². The van der Waals surface area contributed by atoms with Crippen molar-refractivity contribution >= 4 is 28.5 Å². The third kappa shape index (κ3) is 7.66. The Morgan fingerprint density at radius 3 is 2.42 bits per heavy atom. The highest BCUT2D eigenvalue weighted by atomic mass is 32.1. The molecule has 0 spiro atoms. The lowest BCUT2D eigenvalue weighted by molar-refractivity contribution is -0.112. The summed E-state index contributed by atoms with van der Waals surface area (Å²) in [6.45, 7) is 5.08. The minimum Gasteiger partial charge on any atom is -0.490 e. The van der Waals surface area contributed by atoms with Gasteiger partial charge in [-0.05, 0) is 61.4 Å². The highest BCUT2D eigenvalue weighted by Crippen LogP contribution is 2.21. The van der Waals surface area contributed by atoms with E-state index in [4.69, 9.17) is 14.2 Å². The molecule has 3 aromatic carbocycles. The zero-order valence-corrected chi connectivity index (χ0v) is 21.8. The van der Waals surface area contributed by atoms with Gasteiger partial charge in [0.1, 0.15) is 48.7 Å². The number of hydrogen-bond acceptors (Lipinski definition) is 8. The molecule has 0 bridgehead atoms. The van der Waals surface area contributed by atoms with Crippen LogP contribution in [0, 0.1) is 25.2 Å². The molecule has 0 saturated carbocycles. The van der Waals surface area contributed by atoms with Gasteiger partial charge in [-0.15, -0.1) is 10.2 Å². The van der Waals surface area contributed by atoms with Gasteiger partial charge in [0.2, 0.25) is 5.13 Å². The molecular weight excluding hydrogens is 500 g/mol. The normalized spacial score (nSPS) is 10.9. The molecule has 0 aliphatic rings. The lowest BCUT2D eigenvalue weighted by Gasteiger charge is -2.11. The molecule has 4 rings (SSSR count). The number of nitrogens with one attached hydrogen (secondary N) is 1. The van der Waals surface area contributed by atoms with Gasteiger partial charge in [-0.2, -0.15) is 5.26 Å². The van der Waals surface area contributed by atoms with Crippen LogP contribution < -0.4 is 19.5 Å². The van der Waals surface area contributed by atoms with E-state index in [0.29, 0.717) is 35.3 Å². The average Bonchev–Trinajstić information content (AvgIpc) is 3.38. The predicted octanol–water partition coefficient (Wildman–Crippen LogP) is 5.74. The van der Waals surface area contributed by atoms with E-state index in [0.717, 1.165) is 11.3 Å². The number of anilines is 1. The van der Waals surface area contributed by atoms with E-state index in [1.165, 1.54) is 23.0 Å². The molecule has 0 saturated heterocycles. The largest absolute Gasteiger partial charge is 0.490 e. The third-order valence-corrected chi connectivity index (χ3v) is 6.10. The first-order valence-corrected chi connectivity index (χ1v) is 12.7. The molecule has 0 fully saturated rings. The summed E-state index contributed by atoms with van der Waals surface area (Å²) in [6.07, 6.45) is 1.50. The Labute approximate surface area is 225 Å². The van der Waals surface area contributed by atoms with Crippen molar-refractivity contribution < 1.29 is 19.0 Å². The van der Waals surface area contributed by atoms with E-state index in [9.17, 15) is 10.1 Å². The van der Waals surface area contributed by atoms with Crippen molar-refractivity contribution in [1.29, 1.82) is 5.26 Å². The van der Waals surface area contributed by atoms with Crippen molar-refractivity contribution in [2.45, 2.75) is 20.5 Å². The van der Waals surface area contributed by atoms with Crippen LogP contribution in [0.1, 0.15) is 21.7 Å². The number of carbonyl (C=O) groups is 1. The zero-order chi connectivity index (χ0) is 26.7. The highest BCUT2D eigenvalue weighted by Gasteiger charge is 2.13. The minimum absolute atomic E-state index is 0.0576. The topological polar surface area (TPSA) is 106 Å². The summed E-state index contributed by atoms with van der Waals surface area (Å²) in [7, 11) is 0. The third-order valence-electron chi connectivity index (χ3n) is 5.29. The van der Waals surface area contributed by atoms with Gasteiger partial charge in [0.25, 0.3) is 5.91 Å². The average molecular weight is 527 g/mol. The van der Waals surface area contributed by atoms with Crippen LogP contribution in [-0.4, -0.2) is 29.3 Å². The fourth-order valence-electron chi connectivity index (χ4n) is 3.44. The number of amides is 1. The predicted molar refractivity (Wildman–Crippen MR) is 146 cm³/mol. The maximum atomic E-state index is 12.6. The lowest BCUT2D eigenvalue weighted by Crippen LogP contribution is -2.13. The minimum atomic E-state index is -0.567. The summed E-state index contributed by atoms with van der Waals surface area (Å²) in [5, 5.41) is 21.0. The zero-order valence-electron chi connectivity index (χ0n) is 21.0. The Bertz CT molecular complexity index is 1440. The molecule has 0 radical (unpaired) electrons. The van der Waals surface area contributed by atoms with Crippen LogP contribution >= 0.6 is 11.3 Å². The number of nitriles is 1. The van der Waals surface area contributed by atoms with E-state index in [1.807, 2.05) is 62.4 Å².